The van der Waals surface area contributed by atoms with E-state index in [4.69, 9.17) is 9.47 Å². The monoisotopic (exact) mass is 338 g/mol. The number of hydrogen-bond donors (Lipinski definition) is 0. The SMILES string of the molecule is COc1cc(F)c(CN(C)CC2CCCN(C(C)C)C2)cc1OC. The molecule has 1 aromatic rings. The van der Waals surface area contributed by atoms with Gasteiger partial charge in [0.15, 0.2) is 11.5 Å². The summed E-state index contributed by atoms with van der Waals surface area (Å²) in [6.07, 6.45) is 2.50. The lowest BCUT2D eigenvalue weighted by molar-refractivity contribution is 0.115. The van der Waals surface area contributed by atoms with Gasteiger partial charge in [-0.15, -0.1) is 0 Å². The minimum Gasteiger partial charge on any atom is -0.493 e. The van der Waals surface area contributed by atoms with Gasteiger partial charge >= 0.3 is 0 Å². The van der Waals surface area contributed by atoms with Crippen LogP contribution in [0.25, 0.3) is 0 Å². The Balaban J connectivity index is 1.98. The van der Waals surface area contributed by atoms with Crippen molar-refractivity contribution in [1.82, 2.24) is 9.80 Å². The van der Waals surface area contributed by atoms with Crippen LogP contribution in [0.2, 0.25) is 0 Å². The highest BCUT2D eigenvalue weighted by molar-refractivity contribution is 5.43. The summed E-state index contributed by atoms with van der Waals surface area (Å²) >= 11 is 0. The topological polar surface area (TPSA) is 24.9 Å². The molecular formula is C19H31FN2O2. The molecule has 1 heterocycles. The van der Waals surface area contributed by atoms with Gasteiger partial charge in [0, 0.05) is 37.3 Å². The highest BCUT2D eigenvalue weighted by Gasteiger charge is 2.23. The predicted molar refractivity (Wildman–Crippen MR) is 95.3 cm³/mol. The fraction of sp³-hybridized carbons (Fsp3) is 0.684. The lowest BCUT2D eigenvalue weighted by atomic mass is 9.96. The van der Waals surface area contributed by atoms with Crippen LogP contribution in [0.15, 0.2) is 12.1 Å². The fourth-order valence-electron chi connectivity index (χ4n) is 3.53. The van der Waals surface area contributed by atoms with Crippen molar-refractivity contribution in [2.24, 2.45) is 5.92 Å². The van der Waals surface area contributed by atoms with Gasteiger partial charge in [0.1, 0.15) is 5.82 Å². The number of rotatable bonds is 7. The minimum absolute atomic E-state index is 0.244. The molecule has 1 aliphatic rings. The molecule has 24 heavy (non-hydrogen) atoms. The van der Waals surface area contributed by atoms with Crippen molar-refractivity contribution in [3.05, 3.63) is 23.5 Å². The second-order valence-corrected chi connectivity index (χ2v) is 7.09. The van der Waals surface area contributed by atoms with Crippen molar-refractivity contribution in [3.63, 3.8) is 0 Å². The third-order valence-corrected chi connectivity index (χ3v) is 4.84. The molecule has 2 rings (SSSR count). The summed E-state index contributed by atoms with van der Waals surface area (Å²) in [7, 11) is 5.16. The highest BCUT2D eigenvalue weighted by Crippen LogP contribution is 2.30. The van der Waals surface area contributed by atoms with Gasteiger partial charge in [-0.3, -0.25) is 0 Å². The molecule has 0 aromatic heterocycles. The van der Waals surface area contributed by atoms with Gasteiger partial charge in [0.2, 0.25) is 0 Å². The van der Waals surface area contributed by atoms with Crippen molar-refractivity contribution < 1.29 is 13.9 Å². The normalized spacial score (nSPS) is 19.1. The molecule has 1 atom stereocenters. The molecule has 0 bridgehead atoms. The van der Waals surface area contributed by atoms with Crippen LogP contribution >= 0.6 is 0 Å². The van der Waals surface area contributed by atoms with E-state index < -0.39 is 0 Å². The quantitative estimate of drug-likeness (QED) is 0.761. The molecule has 0 saturated carbocycles. The summed E-state index contributed by atoms with van der Waals surface area (Å²) < 4.78 is 24.7. The fourth-order valence-corrected chi connectivity index (χ4v) is 3.53. The molecule has 1 aliphatic heterocycles. The molecule has 1 unspecified atom stereocenters. The number of ether oxygens (including phenoxy) is 2. The smallest absolute Gasteiger partial charge is 0.163 e. The molecule has 0 amide bonds. The van der Waals surface area contributed by atoms with Crippen molar-refractivity contribution in [2.75, 3.05) is 40.9 Å². The summed E-state index contributed by atoms with van der Waals surface area (Å²) in [5.74, 6) is 1.41. The van der Waals surface area contributed by atoms with E-state index in [1.807, 2.05) is 0 Å². The zero-order valence-electron chi connectivity index (χ0n) is 15.6. The maximum absolute atomic E-state index is 14.3. The Morgan fingerprint density at radius 1 is 1.25 bits per heavy atom. The van der Waals surface area contributed by atoms with Gasteiger partial charge in [-0.05, 0) is 52.3 Å². The zero-order chi connectivity index (χ0) is 17.7. The number of nitrogens with zero attached hydrogens (tertiary/aromatic N) is 2. The van der Waals surface area contributed by atoms with Crippen LogP contribution in [-0.2, 0) is 6.54 Å². The molecule has 0 N–H and O–H groups in total. The summed E-state index contributed by atoms with van der Waals surface area (Å²) in [6, 6.07) is 3.75. The predicted octanol–water partition coefficient (Wildman–Crippen LogP) is 3.40. The van der Waals surface area contributed by atoms with E-state index in [0.717, 1.165) is 13.1 Å². The molecular weight excluding hydrogens is 307 g/mol. The van der Waals surface area contributed by atoms with Gasteiger partial charge in [0.05, 0.1) is 14.2 Å². The number of benzene rings is 1. The van der Waals surface area contributed by atoms with Gasteiger partial charge in [-0.2, -0.15) is 0 Å². The lowest BCUT2D eigenvalue weighted by Crippen LogP contribution is -2.43. The van der Waals surface area contributed by atoms with Crippen LogP contribution in [0.3, 0.4) is 0 Å². The molecule has 1 aromatic carbocycles. The lowest BCUT2D eigenvalue weighted by Gasteiger charge is -2.37. The minimum atomic E-state index is -0.244. The standard InChI is InChI=1S/C19H31FN2O2/c1-14(2)22-8-6-7-15(12-22)11-21(3)13-16-9-18(23-4)19(24-5)10-17(16)20/h9-10,14-15H,6-8,11-13H2,1-5H3. The van der Waals surface area contributed by atoms with E-state index >= 15 is 0 Å². The Labute approximate surface area is 145 Å². The average Bonchev–Trinajstić information content (AvgIpc) is 2.56. The Morgan fingerprint density at radius 2 is 1.92 bits per heavy atom. The summed E-state index contributed by atoms with van der Waals surface area (Å²) in [5, 5.41) is 0. The van der Waals surface area contributed by atoms with Gasteiger partial charge in [-0.1, -0.05) is 0 Å². The van der Waals surface area contributed by atoms with E-state index in [9.17, 15) is 4.39 Å². The van der Waals surface area contributed by atoms with Crippen LogP contribution in [0.1, 0.15) is 32.3 Å². The number of hydrogen-bond acceptors (Lipinski definition) is 4. The van der Waals surface area contributed by atoms with Gasteiger partial charge in [-0.25, -0.2) is 4.39 Å². The Morgan fingerprint density at radius 3 is 2.54 bits per heavy atom. The van der Waals surface area contributed by atoms with Crippen molar-refractivity contribution in [2.45, 2.75) is 39.3 Å². The zero-order valence-corrected chi connectivity index (χ0v) is 15.6. The number of halogens is 1. The second-order valence-electron chi connectivity index (χ2n) is 7.09. The molecule has 5 heteroatoms. The van der Waals surface area contributed by atoms with Crippen molar-refractivity contribution in [3.8, 4) is 11.5 Å². The van der Waals surface area contributed by atoms with E-state index in [-0.39, 0.29) is 5.82 Å². The van der Waals surface area contributed by atoms with Crippen LogP contribution in [0, 0.1) is 11.7 Å². The molecule has 4 nitrogen and oxygen atoms in total. The van der Waals surface area contributed by atoms with E-state index in [1.165, 1.54) is 32.6 Å². The summed E-state index contributed by atoms with van der Waals surface area (Å²) in [4.78, 5) is 4.75. The largest absolute Gasteiger partial charge is 0.493 e. The molecule has 1 saturated heterocycles. The van der Waals surface area contributed by atoms with Crippen LogP contribution in [-0.4, -0.2) is 56.7 Å². The molecule has 136 valence electrons. The Hall–Kier alpha value is -1.33. The first-order chi connectivity index (χ1) is 11.4. The Bertz CT molecular complexity index is 536. The van der Waals surface area contributed by atoms with Crippen molar-refractivity contribution >= 4 is 0 Å². The Kier molecular flexibility index (Phi) is 6.87. The van der Waals surface area contributed by atoms with Crippen molar-refractivity contribution in [1.29, 1.82) is 0 Å². The number of methoxy groups -OCH3 is 2. The van der Waals surface area contributed by atoms with Crippen LogP contribution in [0.4, 0.5) is 4.39 Å². The first-order valence-electron chi connectivity index (χ1n) is 8.77. The third kappa shape index (κ3) is 4.84. The third-order valence-electron chi connectivity index (χ3n) is 4.84. The van der Waals surface area contributed by atoms with Crippen LogP contribution < -0.4 is 9.47 Å². The van der Waals surface area contributed by atoms with Crippen LogP contribution in [0.5, 0.6) is 11.5 Å². The van der Waals surface area contributed by atoms with E-state index in [0.29, 0.717) is 35.6 Å². The first-order valence-corrected chi connectivity index (χ1v) is 8.77. The molecule has 1 fully saturated rings. The second kappa shape index (κ2) is 8.67. The average molecular weight is 338 g/mol. The van der Waals surface area contributed by atoms with E-state index in [1.54, 1.807) is 13.2 Å². The highest BCUT2D eigenvalue weighted by atomic mass is 19.1. The molecule has 0 radical (unpaired) electrons. The van der Waals surface area contributed by atoms with Gasteiger partial charge < -0.3 is 19.3 Å². The number of piperidine rings is 1. The summed E-state index contributed by atoms with van der Waals surface area (Å²) in [5.41, 5.74) is 0.645. The maximum Gasteiger partial charge on any atom is 0.163 e. The van der Waals surface area contributed by atoms with Gasteiger partial charge in [0.25, 0.3) is 0 Å². The maximum atomic E-state index is 14.3. The van der Waals surface area contributed by atoms with E-state index in [2.05, 4.69) is 30.7 Å². The molecule has 0 spiro atoms. The number of likely N-dealkylation sites (tertiary alicyclic amines) is 1. The summed E-state index contributed by atoms with van der Waals surface area (Å²) in [6.45, 7) is 8.40. The molecule has 0 aliphatic carbocycles. The first kappa shape index (κ1) is 19.0.